The molecule has 5 heteroatoms. The van der Waals surface area contributed by atoms with Gasteiger partial charge in [0.15, 0.2) is 0 Å². The van der Waals surface area contributed by atoms with E-state index in [1.807, 2.05) is 0 Å². The van der Waals surface area contributed by atoms with Crippen LogP contribution in [-0.2, 0) is 17.8 Å². The second-order valence-electron chi connectivity index (χ2n) is 7.74. The van der Waals surface area contributed by atoms with Crippen molar-refractivity contribution in [2.24, 2.45) is 0 Å². The third-order valence-corrected chi connectivity index (χ3v) is 5.24. The normalized spacial score (nSPS) is 11.8. The van der Waals surface area contributed by atoms with Gasteiger partial charge >= 0.3 is 0 Å². The first-order chi connectivity index (χ1) is 14.7. The SMILES string of the molecule is C.OCc1cc(C(O)CNCCCCCCOCCCCc2ccccc2)ccc1O. The molecule has 2 aromatic rings. The maximum atomic E-state index is 10.2. The standard InChI is InChI=1S/C25H37NO4.CH4/c27-20-23-18-22(13-14-24(23)28)25(29)19-26-15-7-1-2-8-16-30-17-9-6-12-21-10-4-3-5-11-21;/h3-5,10-11,13-14,18,25-29H,1-2,6-9,12,15-17,19-20H2;1H4. The van der Waals surface area contributed by atoms with E-state index in [9.17, 15) is 15.3 Å². The smallest absolute Gasteiger partial charge is 0.121 e. The van der Waals surface area contributed by atoms with Crippen molar-refractivity contribution in [2.45, 2.75) is 65.1 Å². The Morgan fingerprint density at radius 2 is 1.58 bits per heavy atom. The highest BCUT2D eigenvalue weighted by atomic mass is 16.5. The fraction of sp³-hybridized carbons (Fsp3) is 0.538. The van der Waals surface area contributed by atoms with Gasteiger partial charge in [-0.1, -0.05) is 56.7 Å². The summed E-state index contributed by atoms with van der Waals surface area (Å²) in [5.41, 5.74) is 2.53. The maximum Gasteiger partial charge on any atom is 0.121 e. The van der Waals surface area contributed by atoms with Gasteiger partial charge in [-0.05, 0) is 61.9 Å². The number of benzene rings is 2. The summed E-state index contributed by atoms with van der Waals surface area (Å²) in [5, 5.41) is 32.3. The number of aliphatic hydroxyl groups excluding tert-OH is 2. The molecule has 0 radical (unpaired) electrons. The predicted octanol–water partition coefficient (Wildman–Crippen LogP) is 4.74. The average Bonchev–Trinajstić information content (AvgIpc) is 2.77. The molecule has 0 amide bonds. The van der Waals surface area contributed by atoms with E-state index in [4.69, 9.17) is 4.74 Å². The van der Waals surface area contributed by atoms with Crippen LogP contribution in [0.4, 0.5) is 0 Å². The van der Waals surface area contributed by atoms with Crippen molar-refractivity contribution in [3.8, 4) is 5.75 Å². The number of unbranched alkanes of at least 4 members (excludes halogenated alkanes) is 4. The van der Waals surface area contributed by atoms with Crippen LogP contribution >= 0.6 is 0 Å². The summed E-state index contributed by atoms with van der Waals surface area (Å²) in [6.45, 7) is 2.77. The molecule has 0 aliphatic heterocycles. The molecule has 174 valence electrons. The Hall–Kier alpha value is -1.92. The molecule has 2 aromatic carbocycles. The van der Waals surface area contributed by atoms with E-state index in [1.54, 1.807) is 12.1 Å². The molecule has 2 rings (SSSR count). The Morgan fingerprint density at radius 1 is 0.871 bits per heavy atom. The molecule has 31 heavy (non-hydrogen) atoms. The Balaban J connectivity index is 0.00000480. The number of aryl methyl sites for hydroxylation is 1. The minimum Gasteiger partial charge on any atom is -0.508 e. The van der Waals surface area contributed by atoms with Gasteiger partial charge in [-0.3, -0.25) is 0 Å². The van der Waals surface area contributed by atoms with Gasteiger partial charge < -0.3 is 25.4 Å². The van der Waals surface area contributed by atoms with E-state index in [-0.39, 0.29) is 19.8 Å². The van der Waals surface area contributed by atoms with Crippen LogP contribution in [0.2, 0.25) is 0 Å². The van der Waals surface area contributed by atoms with Crippen LogP contribution in [0, 0.1) is 0 Å². The topological polar surface area (TPSA) is 82.0 Å². The predicted molar refractivity (Wildman–Crippen MR) is 127 cm³/mol. The number of ether oxygens (including phenoxy) is 1. The van der Waals surface area contributed by atoms with Crippen molar-refractivity contribution in [1.29, 1.82) is 0 Å². The molecule has 0 fully saturated rings. The number of rotatable bonds is 16. The lowest BCUT2D eigenvalue weighted by molar-refractivity contribution is 0.126. The Morgan fingerprint density at radius 3 is 2.32 bits per heavy atom. The first kappa shape index (κ1) is 27.1. The van der Waals surface area contributed by atoms with Crippen molar-refractivity contribution in [3.63, 3.8) is 0 Å². The highest BCUT2D eigenvalue weighted by Crippen LogP contribution is 2.22. The van der Waals surface area contributed by atoms with Crippen molar-refractivity contribution in [1.82, 2.24) is 5.32 Å². The Labute approximate surface area is 188 Å². The van der Waals surface area contributed by atoms with Crippen molar-refractivity contribution in [2.75, 3.05) is 26.3 Å². The molecule has 0 bridgehead atoms. The van der Waals surface area contributed by atoms with E-state index in [0.29, 0.717) is 17.7 Å². The minimum atomic E-state index is -0.647. The molecule has 4 N–H and O–H groups in total. The summed E-state index contributed by atoms with van der Waals surface area (Å²) in [6.07, 6.45) is 7.24. The third-order valence-electron chi connectivity index (χ3n) is 5.24. The first-order valence-corrected chi connectivity index (χ1v) is 11.1. The number of hydrogen-bond acceptors (Lipinski definition) is 5. The van der Waals surface area contributed by atoms with E-state index in [2.05, 4.69) is 35.6 Å². The van der Waals surface area contributed by atoms with Crippen LogP contribution in [0.15, 0.2) is 48.5 Å². The zero-order valence-corrected chi connectivity index (χ0v) is 17.9. The molecule has 0 heterocycles. The van der Waals surface area contributed by atoms with Crippen LogP contribution < -0.4 is 5.32 Å². The zero-order valence-electron chi connectivity index (χ0n) is 17.9. The number of aliphatic hydroxyl groups is 2. The van der Waals surface area contributed by atoms with Crippen LogP contribution in [0.5, 0.6) is 5.75 Å². The van der Waals surface area contributed by atoms with Crippen LogP contribution in [-0.4, -0.2) is 41.6 Å². The average molecular weight is 432 g/mol. The molecule has 0 aromatic heterocycles. The zero-order chi connectivity index (χ0) is 21.4. The fourth-order valence-corrected chi connectivity index (χ4v) is 3.38. The molecule has 0 spiro atoms. The monoisotopic (exact) mass is 431 g/mol. The quantitative estimate of drug-likeness (QED) is 0.289. The summed E-state index contributed by atoms with van der Waals surface area (Å²) >= 11 is 0. The van der Waals surface area contributed by atoms with Gasteiger partial charge in [0.25, 0.3) is 0 Å². The van der Waals surface area contributed by atoms with Gasteiger partial charge in [-0.25, -0.2) is 0 Å². The number of phenols is 1. The van der Waals surface area contributed by atoms with Crippen molar-refractivity contribution < 1.29 is 20.1 Å². The van der Waals surface area contributed by atoms with Crippen LogP contribution in [0.1, 0.15) is 68.7 Å². The molecule has 0 aliphatic rings. The lowest BCUT2D eigenvalue weighted by Crippen LogP contribution is -2.22. The lowest BCUT2D eigenvalue weighted by Gasteiger charge is -2.14. The largest absolute Gasteiger partial charge is 0.508 e. The van der Waals surface area contributed by atoms with Crippen LogP contribution in [0.3, 0.4) is 0 Å². The van der Waals surface area contributed by atoms with Crippen molar-refractivity contribution >= 4 is 0 Å². The van der Waals surface area contributed by atoms with Gasteiger partial charge in [0.05, 0.1) is 12.7 Å². The second-order valence-corrected chi connectivity index (χ2v) is 7.74. The highest BCUT2D eigenvalue weighted by molar-refractivity contribution is 5.36. The summed E-state index contributed by atoms with van der Waals surface area (Å²) in [4.78, 5) is 0. The van der Waals surface area contributed by atoms with E-state index in [1.165, 1.54) is 18.1 Å². The van der Waals surface area contributed by atoms with E-state index in [0.717, 1.165) is 58.3 Å². The fourth-order valence-electron chi connectivity index (χ4n) is 3.38. The van der Waals surface area contributed by atoms with Crippen LogP contribution in [0.25, 0.3) is 0 Å². The number of nitrogens with one attached hydrogen (secondary N) is 1. The number of aromatic hydroxyl groups is 1. The molecule has 1 atom stereocenters. The molecular weight excluding hydrogens is 390 g/mol. The molecular formula is C26H41NO4. The third kappa shape index (κ3) is 11.3. The summed E-state index contributed by atoms with van der Waals surface area (Å²) in [6, 6.07) is 15.4. The Kier molecular flexibility index (Phi) is 14.6. The highest BCUT2D eigenvalue weighted by Gasteiger charge is 2.09. The summed E-state index contributed by atoms with van der Waals surface area (Å²) in [7, 11) is 0. The lowest BCUT2D eigenvalue weighted by atomic mass is 10.1. The van der Waals surface area contributed by atoms with Gasteiger partial charge in [-0.2, -0.15) is 0 Å². The van der Waals surface area contributed by atoms with Crippen molar-refractivity contribution in [3.05, 3.63) is 65.2 Å². The Bertz CT molecular complexity index is 693. The number of hydrogen-bond donors (Lipinski definition) is 4. The van der Waals surface area contributed by atoms with Gasteiger partial charge in [0, 0.05) is 25.3 Å². The van der Waals surface area contributed by atoms with Gasteiger partial charge in [0.1, 0.15) is 5.75 Å². The molecule has 0 saturated carbocycles. The molecule has 0 saturated heterocycles. The summed E-state index contributed by atoms with van der Waals surface area (Å²) < 4.78 is 5.72. The van der Waals surface area contributed by atoms with E-state index >= 15 is 0 Å². The van der Waals surface area contributed by atoms with Gasteiger partial charge in [-0.15, -0.1) is 0 Å². The van der Waals surface area contributed by atoms with E-state index < -0.39 is 6.10 Å². The first-order valence-electron chi connectivity index (χ1n) is 11.1. The second kappa shape index (κ2) is 16.7. The molecule has 1 unspecified atom stereocenters. The van der Waals surface area contributed by atoms with Gasteiger partial charge in [0.2, 0.25) is 0 Å². The molecule has 0 aliphatic carbocycles. The summed E-state index contributed by atoms with van der Waals surface area (Å²) in [5.74, 6) is 0.0533. The maximum absolute atomic E-state index is 10.2. The minimum absolute atomic E-state index is 0. The molecule has 5 nitrogen and oxygen atoms in total.